The highest BCUT2D eigenvalue weighted by atomic mass is 32.2. The van der Waals surface area contributed by atoms with Crippen LogP contribution in [-0.4, -0.2) is 48.3 Å². The van der Waals surface area contributed by atoms with Gasteiger partial charge in [0.05, 0.1) is 7.11 Å². The number of nitrogens with one attached hydrogen (secondary N) is 1. The second-order valence-electron chi connectivity index (χ2n) is 4.49. The van der Waals surface area contributed by atoms with E-state index in [1.54, 1.807) is 45.5 Å². The summed E-state index contributed by atoms with van der Waals surface area (Å²) in [7, 11) is 4.86. The van der Waals surface area contributed by atoms with Gasteiger partial charge in [-0.15, -0.1) is 0 Å². The third-order valence-electron chi connectivity index (χ3n) is 3.06. The minimum absolute atomic E-state index is 0.0959. The van der Waals surface area contributed by atoms with Crippen LogP contribution in [0.3, 0.4) is 0 Å². The van der Waals surface area contributed by atoms with Gasteiger partial charge in [-0.2, -0.15) is 0 Å². The lowest BCUT2D eigenvalue weighted by Gasteiger charge is -2.09. The monoisotopic (exact) mass is 307 g/mol. The van der Waals surface area contributed by atoms with Gasteiger partial charge in [0.2, 0.25) is 11.8 Å². The van der Waals surface area contributed by atoms with Crippen LogP contribution >= 0.6 is 11.8 Å². The van der Waals surface area contributed by atoms with E-state index in [2.05, 4.69) is 10.3 Å². The molecule has 2 rings (SSSR count). The lowest BCUT2D eigenvalue weighted by Crippen LogP contribution is -2.30. The molecule has 7 heteroatoms. The third kappa shape index (κ3) is 3.55. The van der Waals surface area contributed by atoms with Crippen LogP contribution in [0.25, 0.3) is 0 Å². The molecule has 1 aliphatic rings. The van der Waals surface area contributed by atoms with Gasteiger partial charge in [0.25, 0.3) is 0 Å². The van der Waals surface area contributed by atoms with E-state index in [-0.39, 0.29) is 18.2 Å². The Morgan fingerprint density at radius 1 is 1.52 bits per heavy atom. The highest BCUT2D eigenvalue weighted by Crippen LogP contribution is 2.28. The standard InChI is InChI=1S/C14H17N3O3S/c1-15-14-17(2)13(19)11(21-14)8-12(18)16-9-5-4-6-10(7-9)20-3/h4-7,11H,8H2,1-3H3,(H,16,18)/t11-/m1/s1. The zero-order chi connectivity index (χ0) is 15.4. The van der Waals surface area contributed by atoms with Gasteiger partial charge in [-0.3, -0.25) is 19.5 Å². The van der Waals surface area contributed by atoms with Crippen molar-refractivity contribution in [2.75, 3.05) is 26.5 Å². The summed E-state index contributed by atoms with van der Waals surface area (Å²) in [5.74, 6) is 0.362. The van der Waals surface area contributed by atoms with Gasteiger partial charge in [-0.05, 0) is 12.1 Å². The first-order valence-electron chi connectivity index (χ1n) is 6.40. The quantitative estimate of drug-likeness (QED) is 0.917. The summed E-state index contributed by atoms with van der Waals surface area (Å²) in [5.41, 5.74) is 0.646. The fraction of sp³-hybridized carbons (Fsp3) is 0.357. The van der Waals surface area contributed by atoms with Crippen molar-refractivity contribution in [1.29, 1.82) is 0 Å². The summed E-state index contributed by atoms with van der Waals surface area (Å²) in [6.45, 7) is 0. The lowest BCUT2D eigenvalue weighted by molar-refractivity contribution is -0.127. The van der Waals surface area contributed by atoms with E-state index in [9.17, 15) is 9.59 Å². The molecule has 1 aromatic carbocycles. The van der Waals surface area contributed by atoms with Gasteiger partial charge in [0.1, 0.15) is 11.0 Å². The van der Waals surface area contributed by atoms with Crippen molar-refractivity contribution in [3.05, 3.63) is 24.3 Å². The summed E-state index contributed by atoms with van der Waals surface area (Å²) in [5, 5.41) is 2.99. The number of hydrogen-bond donors (Lipinski definition) is 1. The maximum Gasteiger partial charge on any atom is 0.242 e. The van der Waals surface area contributed by atoms with Crippen LogP contribution in [-0.2, 0) is 9.59 Å². The number of aliphatic imine (C=N–C) groups is 1. The maximum atomic E-state index is 12.0. The topological polar surface area (TPSA) is 71.0 Å². The third-order valence-corrected chi connectivity index (χ3v) is 4.38. The van der Waals surface area contributed by atoms with E-state index in [4.69, 9.17) is 4.74 Å². The Kier molecular flexibility index (Phi) is 4.85. The molecule has 0 unspecified atom stereocenters. The molecule has 6 nitrogen and oxygen atoms in total. The highest BCUT2D eigenvalue weighted by Gasteiger charge is 2.36. The molecule has 112 valence electrons. The number of nitrogens with zero attached hydrogens (tertiary/aromatic N) is 2. The van der Waals surface area contributed by atoms with Crippen LogP contribution < -0.4 is 10.1 Å². The molecule has 1 aromatic rings. The summed E-state index contributed by atoms with van der Waals surface area (Å²) in [6, 6.07) is 7.09. The molecule has 0 bridgehead atoms. The van der Waals surface area contributed by atoms with E-state index >= 15 is 0 Å². The predicted octanol–water partition coefficient (Wildman–Crippen LogP) is 1.58. The normalized spacial score (nSPS) is 20.0. The van der Waals surface area contributed by atoms with Crippen molar-refractivity contribution >= 4 is 34.4 Å². The van der Waals surface area contributed by atoms with Crippen LogP contribution in [0.4, 0.5) is 5.69 Å². The number of rotatable bonds is 4. The SMILES string of the molecule is CN=C1S[C@H](CC(=O)Nc2cccc(OC)c2)C(=O)N1C. The predicted molar refractivity (Wildman–Crippen MR) is 83.7 cm³/mol. The number of hydrogen-bond acceptors (Lipinski definition) is 5. The Labute approximate surface area is 127 Å². The largest absolute Gasteiger partial charge is 0.497 e. The number of amidine groups is 1. The molecular formula is C14H17N3O3S. The van der Waals surface area contributed by atoms with Gasteiger partial charge < -0.3 is 10.1 Å². The number of methoxy groups -OCH3 is 1. The number of benzene rings is 1. The van der Waals surface area contributed by atoms with Crippen molar-refractivity contribution in [3.63, 3.8) is 0 Å². The van der Waals surface area contributed by atoms with Crippen LogP contribution in [0, 0.1) is 0 Å². The fourth-order valence-electron chi connectivity index (χ4n) is 1.98. The van der Waals surface area contributed by atoms with Crippen LogP contribution in [0.1, 0.15) is 6.42 Å². The molecule has 1 atom stereocenters. The lowest BCUT2D eigenvalue weighted by atomic mass is 10.2. The second kappa shape index (κ2) is 6.62. The van der Waals surface area contributed by atoms with E-state index in [0.29, 0.717) is 16.6 Å². The number of thioether (sulfide) groups is 1. The fourth-order valence-corrected chi connectivity index (χ4v) is 3.08. The summed E-state index contributed by atoms with van der Waals surface area (Å²) in [4.78, 5) is 29.5. The van der Waals surface area contributed by atoms with Gasteiger partial charge >= 0.3 is 0 Å². The Bertz CT molecular complexity index is 589. The zero-order valence-electron chi connectivity index (χ0n) is 12.1. The van der Waals surface area contributed by atoms with Crippen LogP contribution in [0.2, 0.25) is 0 Å². The van der Waals surface area contributed by atoms with Crippen molar-refractivity contribution in [1.82, 2.24) is 4.90 Å². The Morgan fingerprint density at radius 2 is 2.29 bits per heavy atom. The smallest absolute Gasteiger partial charge is 0.242 e. The first-order valence-corrected chi connectivity index (χ1v) is 7.28. The summed E-state index contributed by atoms with van der Waals surface area (Å²) in [6.07, 6.45) is 0.115. The van der Waals surface area contributed by atoms with E-state index in [1.165, 1.54) is 16.7 Å². The Morgan fingerprint density at radius 3 is 2.90 bits per heavy atom. The molecule has 1 fully saturated rings. The highest BCUT2D eigenvalue weighted by molar-refractivity contribution is 8.15. The average molecular weight is 307 g/mol. The zero-order valence-corrected chi connectivity index (χ0v) is 12.9. The number of amides is 2. The first-order chi connectivity index (χ1) is 10.0. The molecule has 0 spiro atoms. The van der Waals surface area contributed by atoms with Gasteiger partial charge in [-0.25, -0.2) is 0 Å². The summed E-state index contributed by atoms with van der Waals surface area (Å²) < 4.78 is 5.10. The maximum absolute atomic E-state index is 12.0. The van der Waals surface area contributed by atoms with E-state index < -0.39 is 5.25 Å². The number of ether oxygens (including phenoxy) is 1. The average Bonchev–Trinajstić information content (AvgIpc) is 2.75. The molecule has 0 radical (unpaired) electrons. The number of anilines is 1. The van der Waals surface area contributed by atoms with Crippen molar-refractivity contribution in [2.45, 2.75) is 11.7 Å². The molecule has 0 aliphatic carbocycles. The molecular weight excluding hydrogens is 290 g/mol. The minimum Gasteiger partial charge on any atom is -0.497 e. The Hall–Kier alpha value is -2.02. The van der Waals surface area contributed by atoms with Crippen molar-refractivity contribution in [2.24, 2.45) is 4.99 Å². The Balaban J connectivity index is 1.97. The number of carbonyl (C=O) groups is 2. The molecule has 1 heterocycles. The molecule has 1 N–H and O–H groups in total. The van der Waals surface area contributed by atoms with Gasteiger partial charge in [0, 0.05) is 32.3 Å². The van der Waals surface area contributed by atoms with Gasteiger partial charge in [-0.1, -0.05) is 17.8 Å². The van der Waals surface area contributed by atoms with Gasteiger partial charge in [0.15, 0.2) is 5.17 Å². The second-order valence-corrected chi connectivity index (χ2v) is 5.66. The molecule has 1 saturated heterocycles. The molecule has 2 amide bonds. The first kappa shape index (κ1) is 15.4. The van der Waals surface area contributed by atoms with Crippen LogP contribution in [0.15, 0.2) is 29.3 Å². The number of carbonyl (C=O) groups excluding carboxylic acids is 2. The van der Waals surface area contributed by atoms with Crippen molar-refractivity contribution < 1.29 is 14.3 Å². The molecule has 0 aromatic heterocycles. The minimum atomic E-state index is -0.417. The molecule has 0 saturated carbocycles. The summed E-state index contributed by atoms with van der Waals surface area (Å²) >= 11 is 1.31. The molecule has 21 heavy (non-hydrogen) atoms. The van der Waals surface area contributed by atoms with Crippen molar-refractivity contribution in [3.8, 4) is 5.75 Å². The van der Waals surface area contributed by atoms with Crippen LogP contribution in [0.5, 0.6) is 5.75 Å². The van der Waals surface area contributed by atoms with E-state index in [1.807, 2.05) is 0 Å². The molecule has 1 aliphatic heterocycles. The van der Waals surface area contributed by atoms with E-state index in [0.717, 1.165) is 0 Å².